The molecule has 6 heteroatoms. The van der Waals surface area contributed by atoms with E-state index in [9.17, 15) is 14.4 Å². The first-order chi connectivity index (χ1) is 13.0. The Kier molecular flexibility index (Phi) is 7.55. The molecule has 0 fully saturated rings. The highest BCUT2D eigenvalue weighted by atomic mass is 16.6. The number of hydrogen-bond acceptors (Lipinski definition) is 5. The Bertz CT molecular complexity index is 761. The molecule has 1 atom stereocenters. The van der Waals surface area contributed by atoms with E-state index in [0.29, 0.717) is 0 Å². The van der Waals surface area contributed by atoms with Crippen LogP contribution in [-0.4, -0.2) is 35.5 Å². The second kappa shape index (κ2) is 10.1. The highest BCUT2D eigenvalue weighted by molar-refractivity contribution is 5.96. The van der Waals surface area contributed by atoms with Gasteiger partial charge in [0.15, 0.2) is 0 Å². The average molecular weight is 369 g/mol. The number of ether oxygens (including phenoxy) is 2. The third kappa shape index (κ3) is 5.95. The number of nitrogens with zero attached hydrogens (tertiary/aromatic N) is 1. The van der Waals surface area contributed by atoms with Gasteiger partial charge in [-0.1, -0.05) is 60.7 Å². The fraction of sp³-hybridized carbons (Fsp3) is 0.286. The number of benzene rings is 2. The van der Waals surface area contributed by atoms with Crippen molar-refractivity contribution < 1.29 is 23.9 Å². The Morgan fingerprint density at radius 2 is 1.44 bits per heavy atom. The molecule has 2 aromatic carbocycles. The molecule has 142 valence electrons. The Balaban J connectivity index is 2.19. The molecule has 6 nitrogen and oxygen atoms in total. The second-order valence-corrected chi connectivity index (χ2v) is 5.89. The minimum absolute atomic E-state index is 0.00430. The molecule has 0 aliphatic carbocycles. The Hall–Kier alpha value is -3.15. The van der Waals surface area contributed by atoms with Gasteiger partial charge in [-0.25, -0.2) is 14.5 Å². The highest BCUT2D eigenvalue weighted by Crippen LogP contribution is 2.14. The lowest BCUT2D eigenvalue weighted by atomic mass is 10.0. The van der Waals surface area contributed by atoms with Crippen LogP contribution in [0.2, 0.25) is 0 Å². The number of amides is 2. The highest BCUT2D eigenvalue weighted by Gasteiger charge is 2.35. The van der Waals surface area contributed by atoms with Crippen LogP contribution in [0.5, 0.6) is 0 Å². The third-order valence-corrected chi connectivity index (χ3v) is 3.88. The Morgan fingerprint density at radius 1 is 0.889 bits per heavy atom. The largest absolute Gasteiger partial charge is 0.464 e. The molecular formula is C21H23NO5. The molecule has 0 aliphatic rings. The van der Waals surface area contributed by atoms with E-state index in [1.807, 2.05) is 48.5 Å². The van der Waals surface area contributed by atoms with Crippen molar-refractivity contribution in [2.75, 3.05) is 6.61 Å². The predicted octanol–water partition coefficient (Wildman–Crippen LogP) is 3.35. The number of hydrogen-bond donors (Lipinski definition) is 0. The SMILES string of the molecule is CCOC(=O)[C@H](Cc1ccccc1)N(C(C)=O)C(=O)OCc1ccccc1. The Labute approximate surface area is 158 Å². The van der Waals surface area contributed by atoms with Gasteiger partial charge < -0.3 is 9.47 Å². The summed E-state index contributed by atoms with van der Waals surface area (Å²) in [5.74, 6) is -1.23. The maximum absolute atomic E-state index is 12.6. The molecule has 0 saturated heterocycles. The zero-order valence-corrected chi connectivity index (χ0v) is 15.5. The quantitative estimate of drug-likeness (QED) is 0.700. The van der Waals surface area contributed by atoms with E-state index < -0.39 is 24.0 Å². The Morgan fingerprint density at radius 3 is 1.96 bits per heavy atom. The van der Waals surface area contributed by atoms with Crippen molar-refractivity contribution in [3.63, 3.8) is 0 Å². The number of esters is 1. The first-order valence-electron chi connectivity index (χ1n) is 8.74. The van der Waals surface area contributed by atoms with Gasteiger partial charge in [0.05, 0.1) is 6.61 Å². The van der Waals surface area contributed by atoms with Gasteiger partial charge in [0.1, 0.15) is 12.6 Å². The molecule has 0 unspecified atom stereocenters. The molecule has 2 rings (SSSR count). The van der Waals surface area contributed by atoms with Gasteiger partial charge >= 0.3 is 12.1 Å². The van der Waals surface area contributed by atoms with Crippen molar-refractivity contribution in [1.29, 1.82) is 0 Å². The minimum atomic E-state index is -1.09. The smallest absolute Gasteiger partial charge is 0.417 e. The molecule has 0 bridgehead atoms. The molecule has 0 N–H and O–H groups in total. The van der Waals surface area contributed by atoms with Crippen LogP contribution < -0.4 is 0 Å². The van der Waals surface area contributed by atoms with Crippen LogP contribution in [-0.2, 0) is 32.1 Å². The van der Waals surface area contributed by atoms with E-state index in [0.717, 1.165) is 16.0 Å². The van der Waals surface area contributed by atoms with Gasteiger partial charge in [-0.2, -0.15) is 0 Å². The van der Waals surface area contributed by atoms with Crippen molar-refractivity contribution >= 4 is 18.0 Å². The van der Waals surface area contributed by atoms with Crippen LogP contribution in [0, 0.1) is 0 Å². The topological polar surface area (TPSA) is 72.9 Å². The van der Waals surface area contributed by atoms with E-state index in [1.165, 1.54) is 6.92 Å². The molecule has 27 heavy (non-hydrogen) atoms. The van der Waals surface area contributed by atoms with E-state index in [-0.39, 0.29) is 19.6 Å². The van der Waals surface area contributed by atoms with E-state index in [2.05, 4.69) is 0 Å². The molecule has 0 radical (unpaired) electrons. The summed E-state index contributed by atoms with van der Waals surface area (Å²) in [6.45, 7) is 3.05. The van der Waals surface area contributed by atoms with Gasteiger partial charge in [0.2, 0.25) is 5.91 Å². The van der Waals surface area contributed by atoms with Crippen LogP contribution in [0.4, 0.5) is 4.79 Å². The molecular weight excluding hydrogens is 346 g/mol. The monoisotopic (exact) mass is 369 g/mol. The molecule has 2 amide bonds. The molecule has 0 aliphatic heterocycles. The summed E-state index contributed by atoms with van der Waals surface area (Å²) in [6, 6.07) is 17.1. The molecule has 0 heterocycles. The molecule has 0 saturated carbocycles. The zero-order valence-electron chi connectivity index (χ0n) is 15.5. The fourth-order valence-electron chi connectivity index (χ4n) is 2.62. The maximum Gasteiger partial charge on any atom is 0.417 e. The van der Waals surface area contributed by atoms with Crippen molar-refractivity contribution in [2.45, 2.75) is 32.9 Å². The van der Waals surface area contributed by atoms with E-state index >= 15 is 0 Å². The molecule has 0 aromatic heterocycles. The van der Waals surface area contributed by atoms with Crippen LogP contribution in [0.25, 0.3) is 0 Å². The van der Waals surface area contributed by atoms with Crippen molar-refractivity contribution in [1.82, 2.24) is 4.90 Å². The lowest BCUT2D eigenvalue weighted by Gasteiger charge is -2.27. The maximum atomic E-state index is 12.6. The first-order valence-corrected chi connectivity index (χ1v) is 8.74. The van der Waals surface area contributed by atoms with Gasteiger partial charge in [0, 0.05) is 13.3 Å². The van der Waals surface area contributed by atoms with Crippen LogP contribution in [0.1, 0.15) is 25.0 Å². The number of rotatable bonds is 7. The van der Waals surface area contributed by atoms with Crippen LogP contribution in [0.3, 0.4) is 0 Å². The average Bonchev–Trinajstić information content (AvgIpc) is 2.67. The molecule has 0 spiro atoms. The van der Waals surface area contributed by atoms with Gasteiger partial charge in [-0.3, -0.25) is 4.79 Å². The summed E-state index contributed by atoms with van der Waals surface area (Å²) in [5, 5.41) is 0. The summed E-state index contributed by atoms with van der Waals surface area (Å²) < 4.78 is 10.3. The number of carbonyl (C=O) groups is 3. The normalized spacial score (nSPS) is 11.3. The molecule has 2 aromatic rings. The standard InChI is InChI=1S/C21H23NO5/c1-3-26-20(24)19(14-17-10-6-4-7-11-17)22(16(2)23)21(25)27-15-18-12-8-5-9-13-18/h4-13,19H,3,14-15H2,1-2H3/t19-/m0/s1. The lowest BCUT2D eigenvalue weighted by Crippen LogP contribution is -2.49. The predicted molar refractivity (Wildman–Crippen MR) is 99.7 cm³/mol. The van der Waals surface area contributed by atoms with E-state index in [4.69, 9.17) is 9.47 Å². The van der Waals surface area contributed by atoms with Crippen LogP contribution in [0.15, 0.2) is 60.7 Å². The fourth-order valence-corrected chi connectivity index (χ4v) is 2.62. The summed E-state index contributed by atoms with van der Waals surface area (Å²) >= 11 is 0. The van der Waals surface area contributed by atoms with Gasteiger partial charge in [-0.15, -0.1) is 0 Å². The first kappa shape index (κ1) is 20.2. The summed E-state index contributed by atoms with van der Waals surface area (Å²) in [4.78, 5) is 38.0. The van der Waals surface area contributed by atoms with Crippen LogP contribution >= 0.6 is 0 Å². The van der Waals surface area contributed by atoms with E-state index in [1.54, 1.807) is 19.1 Å². The summed E-state index contributed by atoms with van der Waals surface area (Å²) in [5.41, 5.74) is 1.59. The third-order valence-electron chi connectivity index (χ3n) is 3.88. The van der Waals surface area contributed by atoms with Gasteiger partial charge in [0.25, 0.3) is 0 Å². The zero-order chi connectivity index (χ0) is 19.6. The van der Waals surface area contributed by atoms with Gasteiger partial charge in [-0.05, 0) is 18.1 Å². The lowest BCUT2D eigenvalue weighted by molar-refractivity contribution is -0.153. The number of carbonyl (C=O) groups excluding carboxylic acids is 3. The summed E-state index contributed by atoms with van der Waals surface area (Å²) in [7, 11) is 0. The second-order valence-electron chi connectivity index (χ2n) is 5.89. The summed E-state index contributed by atoms with van der Waals surface area (Å²) in [6.07, 6.45) is -0.722. The van der Waals surface area contributed by atoms with Crippen molar-refractivity contribution in [3.05, 3.63) is 71.8 Å². The number of imide groups is 1. The van der Waals surface area contributed by atoms with Crippen molar-refractivity contribution in [2.24, 2.45) is 0 Å². The van der Waals surface area contributed by atoms with Crippen molar-refractivity contribution in [3.8, 4) is 0 Å². The minimum Gasteiger partial charge on any atom is -0.464 e.